The van der Waals surface area contributed by atoms with E-state index in [0.717, 1.165) is 5.57 Å². The summed E-state index contributed by atoms with van der Waals surface area (Å²) < 4.78 is 5.61. The van der Waals surface area contributed by atoms with Crippen molar-refractivity contribution in [2.75, 3.05) is 0 Å². The first-order chi connectivity index (χ1) is 15.4. The van der Waals surface area contributed by atoms with Crippen molar-refractivity contribution in [3.05, 3.63) is 47.6 Å². The van der Waals surface area contributed by atoms with Crippen LogP contribution in [-0.2, 0) is 19.1 Å². The number of aliphatic hydroxyl groups excluding tert-OH is 3. The van der Waals surface area contributed by atoms with Gasteiger partial charge in [0, 0.05) is 6.42 Å². The second-order valence-corrected chi connectivity index (χ2v) is 9.14. The predicted octanol–water partition coefficient (Wildman–Crippen LogP) is 1.51. The molecule has 182 valence electrons. The Kier molecular flexibility index (Phi) is 8.94. The Morgan fingerprint density at radius 1 is 1.15 bits per heavy atom. The third-order valence-corrected chi connectivity index (χ3v) is 6.21. The first-order valence-electron chi connectivity index (χ1n) is 11.2. The Bertz CT molecular complexity index is 885. The Balaban J connectivity index is 2.56. The van der Waals surface area contributed by atoms with Crippen molar-refractivity contribution in [1.29, 1.82) is 0 Å². The molecule has 0 saturated carbocycles. The maximum Gasteiger partial charge on any atom is 0.322 e. The molecular formula is C25H35NO7. The third kappa shape index (κ3) is 6.50. The van der Waals surface area contributed by atoms with Crippen LogP contribution >= 0.6 is 0 Å². The minimum absolute atomic E-state index is 0.0439. The van der Waals surface area contributed by atoms with Crippen LogP contribution in [0.25, 0.3) is 0 Å². The zero-order chi connectivity index (χ0) is 24.9. The summed E-state index contributed by atoms with van der Waals surface area (Å²) in [5.41, 5.74) is -0.292. The average molecular weight is 462 g/mol. The molecule has 4 N–H and O–H groups in total. The highest BCUT2D eigenvalue weighted by atomic mass is 16.5. The lowest BCUT2D eigenvalue weighted by atomic mass is 9.69. The lowest BCUT2D eigenvalue weighted by Gasteiger charge is -2.42. The number of aliphatic hydroxyl groups is 3. The molecule has 7 unspecified atom stereocenters. The Labute approximate surface area is 194 Å². The van der Waals surface area contributed by atoms with Crippen molar-refractivity contribution in [2.45, 2.75) is 77.9 Å². The molecule has 2 heterocycles. The highest BCUT2D eigenvalue weighted by Crippen LogP contribution is 2.38. The van der Waals surface area contributed by atoms with Crippen LogP contribution in [0.4, 0.5) is 0 Å². The van der Waals surface area contributed by atoms with E-state index >= 15 is 0 Å². The molecule has 3 rings (SSSR count). The maximum atomic E-state index is 13.5. The summed E-state index contributed by atoms with van der Waals surface area (Å²) in [6.45, 7) is 7.89. The fraction of sp³-hybridized carbons (Fsp3) is 0.560. The molecule has 3 aliphatic rings. The van der Waals surface area contributed by atoms with Crippen molar-refractivity contribution < 1.29 is 34.4 Å². The number of carbonyl (C=O) groups excluding carboxylic acids is 3. The number of amides is 1. The molecule has 8 heteroatoms. The third-order valence-electron chi connectivity index (χ3n) is 6.21. The molecule has 0 aromatic heterocycles. The first-order valence-corrected chi connectivity index (χ1v) is 11.2. The van der Waals surface area contributed by atoms with Gasteiger partial charge in [-0.25, -0.2) is 0 Å². The molecule has 0 radical (unpaired) electrons. The number of Topliss-reactive ketones (excluding diaryl/α,β-unsaturated/α-hetero) is 1. The summed E-state index contributed by atoms with van der Waals surface area (Å²) in [7, 11) is 0. The normalized spacial score (nSPS) is 39.8. The lowest BCUT2D eigenvalue weighted by Crippen LogP contribution is -2.61. The van der Waals surface area contributed by atoms with Crippen LogP contribution in [0.15, 0.2) is 47.6 Å². The molecule has 1 saturated heterocycles. The first kappa shape index (κ1) is 26.7. The number of hydrogen-bond acceptors (Lipinski definition) is 7. The summed E-state index contributed by atoms with van der Waals surface area (Å²) >= 11 is 0. The second-order valence-electron chi connectivity index (χ2n) is 9.14. The van der Waals surface area contributed by atoms with Crippen molar-refractivity contribution in [1.82, 2.24) is 5.32 Å². The van der Waals surface area contributed by atoms with Gasteiger partial charge in [0.2, 0.25) is 5.91 Å². The fourth-order valence-electron chi connectivity index (χ4n) is 3.88. The number of fused-ring (bicyclic) bond motifs is 10. The van der Waals surface area contributed by atoms with Crippen LogP contribution < -0.4 is 5.32 Å². The molecule has 0 spiro atoms. The van der Waals surface area contributed by atoms with Crippen LogP contribution in [0.3, 0.4) is 0 Å². The van der Waals surface area contributed by atoms with E-state index in [9.17, 15) is 29.7 Å². The molecule has 2 aliphatic heterocycles. The monoisotopic (exact) mass is 461 g/mol. The van der Waals surface area contributed by atoms with Crippen molar-refractivity contribution in [3.63, 3.8) is 0 Å². The van der Waals surface area contributed by atoms with Crippen LogP contribution in [0.1, 0.15) is 47.5 Å². The van der Waals surface area contributed by atoms with Crippen LogP contribution in [0.2, 0.25) is 0 Å². The molecule has 1 aliphatic carbocycles. The lowest BCUT2D eigenvalue weighted by molar-refractivity contribution is -0.181. The summed E-state index contributed by atoms with van der Waals surface area (Å²) in [5, 5.41) is 32.9. The van der Waals surface area contributed by atoms with E-state index in [1.807, 2.05) is 13.0 Å². The fourth-order valence-corrected chi connectivity index (χ4v) is 3.88. The van der Waals surface area contributed by atoms with Crippen molar-refractivity contribution in [2.24, 2.45) is 11.3 Å². The zero-order valence-electron chi connectivity index (χ0n) is 19.8. The van der Waals surface area contributed by atoms with Crippen LogP contribution in [-0.4, -0.2) is 63.4 Å². The highest BCUT2D eigenvalue weighted by Gasteiger charge is 2.56. The molecule has 7 atom stereocenters. The van der Waals surface area contributed by atoms with E-state index in [1.165, 1.54) is 13.8 Å². The number of ketones is 1. The number of hydrogen-bond donors (Lipinski definition) is 4. The van der Waals surface area contributed by atoms with Gasteiger partial charge in [-0.05, 0) is 34.1 Å². The van der Waals surface area contributed by atoms with Gasteiger partial charge in [0.1, 0.15) is 17.6 Å². The quantitative estimate of drug-likeness (QED) is 0.362. The number of allylic oxidation sites excluding steroid dienone is 4. The van der Waals surface area contributed by atoms with E-state index < -0.39 is 59.5 Å². The van der Waals surface area contributed by atoms with Crippen LogP contribution in [0, 0.1) is 11.3 Å². The Hall–Kier alpha value is -2.55. The van der Waals surface area contributed by atoms with Gasteiger partial charge < -0.3 is 25.4 Å². The Morgan fingerprint density at radius 2 is 1.76 bits per heavy atom. The number of carbonyl (C=O) groups is 3. The molecule has 1 amide bonds. The topological polar surface area (TPSA) is 133 Å². The second kappa shape index (κ2) is 11.0. The highest BCUT2D eigenvalue weighted by molar-refractivity contribution is 6.08. The van der Waals surface area contributed by atoms with Gasteiger partial charge in [-0.2, -0.15) is 0 Å². The standard InChI is InChI=1S/C25H35NO7/c1-14-6-9-18(28)10-8-15(2)12-21(26-23(31)17(4)27)25(5)22(30)16(3)20(33-24(25)32)13-19(29)11-7-14/h6-8,10-12,16-21,27-29H,9,13H2,1-5H3,(H,26,31)/b10-8-,11-7-,14-6-,15-12-. The number of ether oxygens (including phenoxy) is 1. The summed E-state index contributed by atoms with van der Waals surface area (Å²) in [5.74, 6) is -2.70. The van der Waals surface area contributed by atoms with Gasteiger partial charge in [-0.15, -0.1) is 0 Å². The largest absolute Gasteiger partial charge is 0.461 e. The van der Waals surface area contributed by atoms with Crippen molar-refractivity contribution in [3.8, 4) is 0 Å². The Morgan fingerprint density at radius 3 is 2.39 bits per heavy atom. The maximum absolute atomic E-state index is 13.5. The predicted molar refractivity (Wildman–Crippen MR) is 123 cm³/mol. The van der Waals surface area contributed by atoms with Crippen LogP contribution in [0.5, 0.6) is 0 Å². The van der Waals surface area contributed by atoms with Gasteiger partial charge in [0.05, 0.1) is 24.2 Å². The smallest absolute Gasteiger partial charge is 0.322 e. The number of esters is 1. The molecule has 0 aromatic rings. The van der Waals surface area contributed by atoms with Gasteiger partial charge >= 0.3 is 5.97 Å². The van der Waals surface area contributed by atoms with Gasteiger partial charge in [-0.1, -0.05) is 54.5 Å². The van der Waals surface area contributed by atoms with Gasteiger partial charge in [0.15, 0.2) is 5.78 Å². The molecule has 0 aromatic carbocycles. The van der Waals surface area contributed by atoms with Crippen molar-refractivity contribution >= 4 is 17.7 Å². The van der Waals surface area contributed by atoms with E-state index in [-0.39, 0.29) is 6.42 Å². The molecule has 8 nitrogen and oxygen atoms in total. The van der Waals surface area contributed by atoms with Gasteiger partial charge in [0.25, 0.3) is 0 Å². The average Bonchev–Trinajstić information content (AvgIpc) is 2.75. The molecule has 33 heavy (non-hydrogen) atoms. The van der Waals surface area contributed by atoms with E-state index in [4.69, 9.17) is 4.74 Å². The minimum atomic E-state index is -1.74. The SMILES string of the molecule is CC1=C/CC(O)/C=C\C(C)=C/C(NC(=O)C(C)O)C2(C)C(=O)OC(CC(O)/C=C\1)C(C)C2=O. The summed E-state index contributed by atoms with van der Waals surface area (Å²) in [6, 6.07) is -1.09. The minimum Gasteiger partial charge on any atom is -0.461 e. The molecule has 2 bridgehead atoms. The van der Waals surface area contributed by atoms with E-state index in [1.54, 1.807) is 44.2 Å². The van der Waals surface area contributed by atoms with E-state index in [0.29, 0.717) is 12.0 Å². The van der Waals surface area contributed by atoms with Gasteiger partial charge in [-0.3, -0.25) is 14.4 Å². The summed E-state index contributed by atoms with van der Waals surface area (Å²) in [6.07, 6.45) is 6.38. The molecular weight excluding hydrogens is 426 g/mol. The number of rotatable bonds is 2. The molecule has 1 fully saturated rings. The summed E-state index contributed by atoms with van der Waals surface area (Å²) in [4.78, 5) is 38.9. The van der Waals surface area contributed by atoms with E-state index in [2.05, 4.69) is 5.32 Å². The zero-order valence-corrected chi connectivity index (χ0v) is 19.8. The number of nitrogens with one attached hydrogen (secondary N) is 1.